The number of nitrogens with two attached hydrogens (primary N) is 1. The average Bonchev–Trinajstić information content (AvgIpc) is 2.67. The highest BCUT2D eigenvalue weighted by Gasteiger charge is 2.26. The molecule has 0 unspecified atom stereocenters. The number of nitrogens with zero attached hydrogens (tertiary/aromatic N) is 2. The number of hydrogen-bond acceptors (Lipinski definition) is 4. The summed E-state index contributed by atoms with van der Waals surface area (Å²) in [6.07, 6.45) is 5.47. The van der Waals surface area contributed by atoms with Gasteiger partial charge in [-0.3, -0.25) is 9.69 Å². The molecule has 2 aliphatic rings. The summed E-state index contributed by atoms with van der Waals surface area (Å²) in [5.74, 6) is 1.63. The fraction of sp³-hybridized carbons (Fsp3) is 0.650. The lowest BCUT2D eigenvalue weighted by Gasteiger charge is -2.37. The van der Waals surface area contributed by atoms with Gasteiger partial charge in [0.25, 0.3) is 0 Å². The molecule has 3 rings (SSSR count). The highest BCUT2D eigenvalue weighted by molar-refractivity contribution is 6.30. The van der Waals surface area contributed by atoms with Crippen LogP contribution in [0.15, 0.2) is 18.2 Å². The quantitative estimate of drug-likeness (QED) is 0.824. The highest BCUT2D eigenvalue weighted by atomic mass is 35.5. The van der Waals surface area contributed by atoms with Crippen LogP contribution in [0.1, 0.15) is 32.1 Å². The number of rotatable bonds is 6. The molecule has 0 aromatic heterocycles. The van der Waals surface area contributed by atoms with Crippen molar-refractivity contribution in [3.8, 4) is 5.75 Å². The van der Waals surface area contributed by atoms with E-state index in [0.717, 1.165) is 80.8 Å². The summed E-state index contributed by atoms with van der Waals surface area (Å²) in [6.45, 7) is 5.25. The zero-order valence-electron chi connectivity index (χ0n) is 15.6. The van der Waals surface area contributed by atoms with Gasteiger partial charge < -0.3 is 15.4 Å². The number of piperazine rings is 1. The van der Waals surface area contributed by atoms with Crippen LogP contribution in [0.2, 0.25) is 5.02 Å². The highest BCUT2D eigenvalue weighted by Crippen LogP contribution is 2.33. The van der Waals surface area contributed by atoms with Crippen molar-refractivity contribution in [3.05, 3.63) is 23.2 Å². The monoisotopic (exact) mass is 379 g/mol. The van der Waals surface area contributed by atoms with Crippen LogP contribution < -0.4 is 15.4 Å². The normalized spacial score (nSPS) is 24.5. The third-order valence-corrected chi connectivity index (χ3v) is 6.19. The second-order valence-electron chi connectivity index (χ2n) is 7.55. The Balaban J connectivity index is 1.43. The summed E-state index contributed by atoms with van der Waals surface area (Å²) < 4.78 is 5.49. The Labute approximate surface area is 161 Å². The predicted octanol–water partition coefficient (Wildman–Crippen LogP) is 3.15. The number of amides is 1. The van der Waals surface area contributed by atoms with E-state index in [0.29, 0.717) is 0 Å². The molecule has 1 aliphatic carbocycles. The van der Waals surface area contributed by atoms with Gasteiger partial charge in [-0.15, -0.1) is 0 Å². The number of ether oxygens (including phenoxy) is 1. The molecule has 1 aromatic rings. The first-order valence-electron chi connectivity index (χ1n) is 9.67. The van der Waals surface area contributed by atoms with E-state index in [1.54, 1.807) is 7.11 Å². The van der Waals surface area contributed by atoms with Crippen LogP contribution in [0, 0.1) is 11.8 Å². The van der Waals surface area contributed by atoms with Crippen molar-refractivity contribution >= 4 is 23.2 Å². The number of benzene rings is 1. The van der Waals surface area contributed by atoms with Crippen molar-refractivity contribution in [2.75, 3.05) is 44.7 Å². The number of primary amides is 1. The van der Waals surface area contributed by atoms with Crippen molar-refractivity contribution < 1.29 is 9.53 Å². The lowest BCUT2D eigenvalue weighted by Crippen LogP contribution is -2.47. The van der Waals surface area contributed by atoms with Crippen molar-refractivity contribution in [1.29, 1.82) is 0 Å². The number of anilines is 1. The molecule has 2 N–H and O–H groups in total. The maximum atomic E-state index is 11.3. The molecule has 6 heteroatoms. The van der Waals surface area contributed by atoms with Crippen molar-refractivity contribution in [2.45, 2.75) is 32.1 Å². The maximum Gasteiger partial charge on any atom is 0.220 e. The number of carbonyl (C=O) groups excluding carboxylic acids is 1. The second kappa shape index (κ2) is 8.96. The molecular weight excluding hydrogens is 350 g/mol. The largest absolute Gasteiger partial charge is 0.495 e. The minimum Gasteiger partial charge on any atom is -0.495 e. The van der Waals surface area contributed by atoms with Crippen LogP contribution in [-0.4, -0.2) is 50.6 Å². The van der Waals surface area contributed by atoms with E-state index < -0.39 is 0 Å². The molecule has 0 spiro atoms. The van der Waals surface area contributed by atoms with Crippen LogP contribution in [0.25, 0.3) is 0 Å². The Morgan fingerprint density at radius 3 is 2.50 bits per heavy atom. The Morgan fingerprint density at radius 2 is 1.88 bits per heavy atom. The van der Waals surface area contributed by atoms with Gasteiger partial charge in [-0.1, -0.05) is 11.6 Å². The van der Waals surface area contributed by atoms with Gasteiger partial charge >= 0.3 is 0 Å². The summed E-state index contributed by atoms with van der Waals surface area (Å²) in [6, 6.07) is 5.80. The third kappa shape index (κ3) is 4.83. The van der Waals surface area contributed by atoms with Crippen LogP contribution in [0.3, 0.4) is 0 Å². The van der Waals surface area contributed by atoms with Crippen LogP contribution in [0.4, 0.5) is 5.69 Å². The standard InChI is InChI=1S/C20H30ClN3O2/c1-26-19-7-6-17(21)14-18(19)24-12-10-23(11-13-24)9-8-15-2-4-16(5-3-15)20(22)25/h6-7,14-16H,2-5,8-13H2,1H3,(H2,22,25). The fourth-order valence-electron chi connectivity index (χ4n) is 4.22. The molecule has 5 nitrogen and oxygen atoms in total. The van der Waals surface area contributed by atoms with E-state index in [9.17, 15) is 4.79 Å². The van der Waals surface area contributed by atoms with Gasteiger partial charge in [-0.05, 0) is 62.8 Å². The molecule has 1 aliphatic heterocycles. The minimum absolute atomic E-state index is 0.113. The van der Waals surface area contributed by atoms with Crippen LogP contribution in [0.5, 0.6) is 5.75 Å². The molecule has 1 amide bonds. The summed E-state index contributed by atoms with van der Waals surface area (Å²) in [5, 5.41) is 0.745. The number of methoxy groups -OCH3 is 1. The third-order valence-electron chi connectivity index (χ3n) is 5.96. The number of halogens is 1. The molecular formula is C20H30ClN3O2. The predicted molar refractivity (Wildman–Crippen MR) is 106 cm³/mol. The molecule has 1 aromatic carbocycles. The van der Waals surface area contributed by atoms with Crippen LogP contribution >= 0.6 is 11.6 Å². The first kappa shape index (κ1) is 19.3. The van der Waals surface area contributed by atoms with E-state index in [4.69, 9.17) is 22.1 Å². The van der Waals surface area contributed by atoms with E-state index >= 15 is 0 Å². The van der Waals surface area contributed by atoms with Gasteiger partial charge in [0.05, 0.1) is 12.8 Å². The van der Waals surface area contributed by atoms with Crippen molar-refractivity contribution in [3.63, 3.8) is 0 Å². The van der Waals surface area contributed by atoms with Gasteiger partial charge in [0.2, 0.25) is 5.91 Å². The Morgan fingerprint density at radius 1 is 1.19 bits per heavy atom. The van der Waals surface area contributed by atoms with Gasteiger partial charge in [0.15, 0.2) is 0 Å². The number of carbonyl (C=O) groups is 1. The molecule has 144 valence electrons. The van der Waals surface area contributed by atoms with Gasteiger partial charge in [-0.25, -0.2) is 0 Å². The van der Waals surface area contributed by atoms with Gasteiger partial charge in [0, 0.05) is 37.1 Å². The Hall–Kier alpha value is -1.46. The average molecular weight is 380 g/mol. The van der Waals surface area contributed by atoms with E-state index in [1.165, 1.54) is 6.42 Å². The maximum absolute atomic E-state index is 11.3. The molecule has 1 saturated heterocycles. The summed E-state index contributed by atoms with van der Waals surface area (Å²) >= 11 is 6.17. The SMILES string of the molecule is COc1ccc(Cl)cc1N1CCN(CCC2CCC(C(N)=O)CC2)CC1. The summed E-state index contributed by atoms with van der Waals surface area (Å²) in [4.78, 5) is 16.2. The molecule has 1 saturated carbocycles. The minimum atomic E-state index is -0.115. The zero-order valence-corrected chi connectivity index (χ0v) is 16.4. The molecule has 26 heavy (non-hydrogen) atoms. The fourth-order valence-corrected chi connectivity index (χ4v) is 4.39. The lowest BCUT2D eigenvalue weighted by molar-refractivity contribution is -0.123. The zero-order chi connectivity index (χ0) is 18.5. The lowest BCUT2D eigenvalue weighted by atomic mass is 9.80. The Kier molecular flexibility index (Phi) is 6.65. The first-order chi connectivity index (χ1) is 12.6. The van der Waals surface area contributed by atoms with E-state index in [2.05, 4.69) is 9.80 Å². The first-order valence-corrected chi connectivity index (χ1v) is 10.0. The van der Waals surface area contributed by atoms with Gasteiger partial charge in [-0.2, -0.15) is 0 Å². The smallest absolute Gasteiger partial charge is 0.220 e. The molecule has 2 fully saturated rings. The second-order valence-corrected chi connectivity index (χ2v) is 7.99. The summed E-state index contributed by atoms with van der Waals surface area (Å²) in [7, 11) is 1.70. The van der Waals surface area contributed by atoms with Gasteiger partial charge in [0.1, 0.15) is 5.75 Å². The number of hydrogen-bond donors (Lipinski definition) is 1. The van der Waals surface area contributed by atoms with E-state index in [1.807, 2.05) is 18.2 Å². The molecule has 0 bridgehead atoms. The molecule has 1 heterocycles. The Bertz CT molecular complexity index is 609. The molecule has 0 radical (unpaired) electrons. The topological polar surface area (TPSA) is 58.8 Å². The van der Waals surface area contributed by atoms with E-state index in [-0.39, 0.29) is 11.8 Å². The van der Waals surface area contributed by atoms with Crippen LogP contribution in [-0.2, 0) is 4.79 Å². The summed E-state index contributed by atoms with van der Waals surface area (Å²) in [5.41, 5.74) is 6.51. The van der Waals surface area contributed by atoms with Crippen molar-refractivity contribution in [1.82, 2.24) is 4.90 Å². The molecule has 0 atom stereocenters. The van der Waals surface area contributed by atoms with Crippen molar-refractivity contribution in [2.24, 2.45) is 17.6 Å².